The van der Waals surface area contributed by atoms with E-state index in [4.69, 9.17) is 11.6 Å². The van der Waals surface area contributed by atoms with Crippen LogP contribution in [0.2, 0.25) is 0 Å². The zero-order valence-corrected chi connectivity index (χ0v) is 11.9. The molecule has 1 heterocycles. The van der Waals surface area contributed by atoms with Crippen molar-refractivity contribution >= 4 is 27.5 Å². The lowest BCUT2D eigenvalue weighted by Crippen LogP contribution is -2.38. The second-order valence-corrected chi connectivity index (χ2v) is 7.09. The standard InChI is InChI=1S/C11H23N3OS2/c12-7-3-8-14(13)11(15)5-2-1-4-10-6-9-16-17-10/h10H,1-9,12-13H2/t10-/m1/s1. The van der Waals surface area contributed by atoms with Crippen molar-refractivity contribution in [2.45, 2.75) is 43.8 Å². The highest BCUT2D eigenvalue weighted by molar-refractivity contribution is 8.77. The van der Waals surface area contributed by atoms with Gasteiger partial charge in [-0.15, -0.1) is 0 Å². The van der Waals surface area contributed by atoms with Gasteiger partial charge in [-0.2, -0.15) is 0 Å². The fraction of sp³-hybridized carbons (Fsp3) is 0.909. The quantitative estimate of drug-likeness (QED) is 0.232. The average molecular weight is 277 g/mol. The third-order valence-electron chi connectivity index (χ3n) is 2.82. The molecule has 0 bridgehead atoms. The molecule has 4 nitrogen and oxygen atoms in total. The van der Waals surface area contributed by atoms with Crippen molar-refractivity contribution in [3.8, 4) is 0 Å². The topological polar surface area (TPSA) is 72.3 Å². The normalized spacial score (nSPS) is 19.5. The Morgan fingerprint density at radius 2 is 2.18 bits per heavy atom. The van der Waals surface area contributed by atoms with Gasteiger partial charge in [0.2, 0.25) is 5.91 Å². The lowest BCUT2D eigenvalue weighted by Gasteiger charge is -2.16. The van der Waals surface area contributed by atoms with Crippen molar-refractivity contribution in [3.05, 3.63) is 0 Å². The van der Waals surface area contributed by atoms with Gasteiger partial charge in [-0.1, -0.05) is 28.0 Å². The largest absolute Gasteiger partial charge is 0.330 e. The van der Waals surface area contributed by atoms with Gasteiger partial charge in [0.15, 0.2) is 0 Å². The van der Waals surface area contributed by atoms with Crippen molar-refractivity contribution in [2.75, 3.05) is 18.8 Å². The number of amides is 1. The van der Waals surface area contributed by atoms with Crippen molar-refractivity contribution in [3.63, 3.8) is 0 Å². The monoisotopic (exact) mass is 277 g/mol. The number of carbonyl (C=O) groups excluding carboxylic acids is 1. The van der Waals surface area contributed by atoms with Gasteiger partial charge < -0.3 is 5.73 Å². The van der Waals surface area contributed by atoms with Crippen LogP contribution >= 0.6 is 21.6 Å². The van der Waals surface area contributed by atoms with Crippen LogP contribution in [-0.2, 0) is 4.79 Å². The van der Waals surface area contributed by atoms with Gasteiger partial charge in [0, 0.05) is 24.0 Å². The maximum absolute atomic E-state index is 11.6. The highest BCUT2D eigenvalue weighted by Crippen LogP contribution is 2.39. The first kappa shape index (κ1) is 15.1. The third-order valence-corrected chi connectivity index (χ3v) is 5.82. The minimum absolute atomic E-state index is 0.0481. The van der Waals surface area contributed by atoms with Crippen molar-refractivity contribution in [1.82, 2.24) is 5.01 Å². The highest BCUT2D eigenvalue weighted by atomic mass is 33.1. The van der Waals surface area contributed by atoms with E-state index in [1.165, 1.54) is 23.6 Å². The predicted octanol–water partition coefficient (Wildman–Crippen LogP) is 1.75. The zero-order valence-electron chi connectivity index (χ0n) is 10.3. The summed E-state index contributed by atoms with van der Waals surface area (Å²) in [5, 5.41) is 2.12. The Kier molecular flexibility index (Phi) is 8.09. The number of unbranched alkanes of at least 4 members (excludes halogenated alkanes) is 1. The smallest absolute Gasteiger partial charge is 0.236 e. The minimum atomic E-state index is 0.0481. The maximum atomic E-state index is 11.6. The Labute approximate surface area is 112 Å². The molecule has 1 aliphatic rings. The van der Waals surface area contributed by atoms with E-state index in [0.29, 0.717) is 19.5 Å². The molecule has 1 fully saturated rings. The number of carbonyl (C=O) groups is 1. The second-order valence-electron chi connectivity index (χ2n) is 4.30. The summed E-state index contributed by atoms with van der Waals surface area (Å²) in [6.45, 7) is 1.15. The van der Waals surface area contributed by atoms with E-state index < -0.39 is 0 Å². The summed E-state index contributed by atoms with van der Waals surface area (Å²) >= 11 is 0. The second kappa shape index (κ2) is 9.08. The molecule has 1 atom stereocenters. The van der Waals surface area contributed by atoms with Crippen LogP contribution in [0, 0.1) is 0 Å². The van der Waals surface area contributed by atoms with Gasteiger partial charge in [0.25, 0.3) is 0 Å². The summed E-state index contributed by atoms with van der Waals surface area (Å²) in [6, 6.07) is 0. The molecular formula is C11H23N3OS2. The lowest BCUT2D eigenvalue weighted by molar-refractivity contribution is -0.131. The average Bonchev–Trinajstić information content (AvgIpc) is 2.84. The first-order valence-electron chi connectivity index (χ1n) is 6.27. The van der Waals surface area contributed by atoms with Crippen molar-refractivity contribution < 1.29 is 4.79 Å². The molecule has 1 aliphatic heterocycles. The van der Waals surface area contributed by atoms with E-state index >= 15 is 0 Å². The number of hydrogen-bond donors (Lipinski definition) is 2. The third kappa shape index (κ3) is 6.55. The van der Waals surface area contributed by atoms with E-state index in [2.05, 4.69) is 0 Å². The number of rotatable bonds is 8. The number of nitrogens with two attached hydrogens (primary N) is 2. The van der Waals surface area contributed by atoms with Crippen molar-refractivity contribution in [2.24, 2.45) is 11.6 Å². The summed E-state index contributed by atoms with van der Waals surface area (Å²) in [6.07, 6.45) is 6.00. The van der Waals surface area contributed by atoms with E-state index in [1.54, 1.807) is 0 Å². The van der Waals surface area contributed by atoms with E-state index in [-0.39, 0.29) is 5.91 Å². The molecule has 0 aliphatic carbocycles. The van der Waals surface area contributed by atoms with Gasteiger partial charge in [-0.25, -0.2) is 5.84 Å². The molecule has 100 valence electrons. The Balaban J connectivity index is 1.98. The molecule has 1 amide bonds. The molecule has 4 N–H and O–H groups in total. The van der Waals surface area contributed by atoms with Gasteiger partial charge in [-0.3, -0.25) is 9.80 Å². The lowest BCUT2D eigenvalue weighted by atomic mass is 10.1. The zero-order chi connectivity index (χ0) is 12.5. The first-order chi connectivity index (χ1) is 8.24. The Morgan fingerprint density at radius 1 is 1.35 bits per heavy atom. The summed E-state index contributed by atoms with van der Waals surface area (Å²) < 4.78 is 0. The maximum Gasteiger partial charge on any atom is 0.236 e. The molecule has 0 aromatic carbocycles. The molecule has 0 aromatic heterocycles. The van der Waals surface area contributed by atoms with Crippen molar-refractivity contribution in [1.29, 1.82) is 0 Å². The molecule has 0 saturated carbocycles. The van der Waals surface area contributed by atoms with Gasteiger partial charge in [-0.05, 0) is 32.2 Å². The van der Waals surface area contributed by atoms with Gasteiger partial charge >= 0.3 is 0 Å². The summed E-state index contributed by atoms with van der Waals surface area (Å²) in [5.41, 5.74) is 5.37. The van der Waals surface area contributed by atoms with Crippen LogP contribution < -0.4 is 11.6 Å². The van der Waals surface area contributed by atoms with Crippen LogP contribution in [0.3, 0.4) is 0 Å². The SMILES string of the molecule is NCCCN(N)C(=O)CCCC[C@@H]1CCSS1. The van der Waals surface area contributed by atoms with E-state index in [1.807, 2.05) is 21.6 Å². The molecular weight excluding hydrogens is 254 g/mol. The van der Waals surface area contributed by atoms with Crippen LogP contribution in [0.25, 0.3) is 0 Å². The number of hydrogen-bond acceptors (Lipinski definition) is 5. The first-order valence-corrected chi connectivity index (χ1v) is 8.65. The Bertz CT molecular complexity index is 223. The highest BCUT2D eigenvalue weighted by Gasteiger charge is 2.16. The van der Waals surface area contributed by atoms with Crippen LogP contribution in [0.15, 0.2) is 0 Å². The van der Waals surface area contributed by atoms with Crippen LogP contribution in [0.4, 0.5) is 0 Å². The van der Waals surface area contributed by atoms with Crippen LogP contribution in [0.5, 0.6) is 0 Å². The number of nitrogens with zero attached hydrogens (tertiary/aromatic N) is 1. The summed E-state index contributed by atoms with van der Waals surface area (Å²) in [4.78, 5) is 11.6. The molecule has 1 rings (SSSR count). The van der Waals surface area contributed by atoms with E-state index in [9.17, 15) is 4.79 Å². The molecule has 0 spiro atoms. The Morgan fingerprint density at radius 3 is 2.82 bits per heavy atom. The minimum Gasteiger partial charge on any atom is -0.330 e. The summed E-state index contributed by atoms with van der Waals surface area (Å²) in [7, 11) is 3.97. The fourth-order valence-electron chi connectivity index (χ4n) is 1.74. The Hall–Kier alpha value is 0.0900. The van der Waals surface area contributed by atoms with Gasteiger partial charge in [0.05, 0.1) is 0 Å². The summed E-state index contributed by atoms with van der Waals surface area (Å²) in [5.74, 6) is 6.96. The molecule has 1 saturated heterocycles. The molecule has 17 heavy (non-hydrogen) atoms. The molecule has 0 radical (unpaired) electrons. The van der Waals surface area contributed by atoms with Gasteiger partial charge in [0.1, 0.15) is 0 Å². The van der Waals surface area contributed by atoms with E-state index in [0.717, 1.165) is 24.5 Å². The molecule has 6 heteroatoms. The van der Waals surface area contributed by atoms with Crippen LogP contribution in [-0.4, -0.2) is 35.0 Å². The predicted molar refractivity (Wildman–Crippen MR) is 76.5 cm³/mol. The fourth-order valence-corrected chi connectivity index (χ4v) is 4.77. The number of hydrazine groups is 1. The van der Waals surface area contributed by atoms with Crippen LogP contribution in [0.1, 0.15) is 38.5 Å². The molecule has 0 aromatic rings. The molecule has 0 unspecified atom stereocenters.